The van der Waals surface area contributed by atoms with Crippen LogP contribution in [0.2, 0.25) is 10.0 Å². The molecule has 3 heterocycles. The summed E-state index contributed by atoms with van der Waals surface area (Å²) >= 11 is 12.6. The third-order valence-electron chi connectivity index (χ3n) is 9.01. The Morgan fingerprint density at radius 2 is 1.85 bits per heavy atom. The van der Waals surface area contributed by atoms with E-state index in [2.05, 4.69) is 32.3 Å². The SMILES string of the molecule is CC[C@H]1CN(c2ncc(CNC(=O)NC3CCCCC3)cc2Cl)CCN1C1CCN(Cc2ccc(Cl)cc2F)CC1.[HH].[HH]. The van der Waals surface area contributed by atoms with Crippen LogP contribution >= 0.6 is 23.2 Å². The number of nitrogens with zero attached hydrogens (tertiary/aromatic N) is 4. The highest BCUT2D eigenvalue weighted by molar-refractivity contribution is 6.33. The first-order valence-corrected chi connectivity index (χ1v) is 16.0. The summed E-state index contributed by atoms with van der Waals surface area (Å²) in [5.74, 6) is 0.596. The number of hydrogen-bond acceptors (Lipinski definition) is 5. The first-order chi connectivity index (χ1) is 19.9. The number of amides is 2. The van der Waals surface area contributed by atoms with Gasteiger partial charge < -0.3 is 15.5 Å². The Hall–Kier alpha value is -2.13. The largest absolute Gasteiger partial charge is 0.353 e. The number of likely N-dealkylation sites (tertiary alicyclic amines) is 1. The Kier molecular flexibility index (Phi) is 10.6. The van der Waals surface area contributed by atoms with Gasteiger partial charge in [0.25, 0.3) is 0 Å². The predicted octanol–water partition coefficient (Wildman–Crippen LogP) is 6.72. The number of pyridine rings is 1. The van der Waals surface area contributed by atoms with E-state index in [9.17, 15) is 9.18 Å². The molecule has 0 bridgehead atoms. The third kappa shape index (κ3) is 8.04. The Balaban J connectivity index is 0.00000253. The number of rotatable bonds is 8. The number of piperazine rings is 1. The lowest BCUT2D eigenvalue weighted by molar-refractivity contribution is 0.0607. The zero-order valence-electron chi connectivity index (χ0n) is 24.1. The normalized spacial score (nSPS) is 21.7. The monoisotopic (exact) mass is 608 g/mol. The second kappa shape index (κ2) is 14.4. The van der Waals surface area contributed by atoms with Gasteiger partial charge in [0.05, 0.1) is 5.02 Å². The maximum absolute atomic E-state index is 14.3. The molecular weight excluding hydrogens is 562 g/mol. The summed E-state index contributed by atoms with van der Waals surface area (Å²) in [7, 11) is 0. The lowest BCUT2D eigenvalue weighted by Crippen LogP contribution is -2.58. The number of urea groups is 1. The van der Waals surface area contributed by atoms with Crippen LogP contribution in [0.4, 0.5) is 15.0 Å². The first-order valence-electron chi connectivity index (χ1n) is 15.3. The highest BCUT2D eigenvalue weighted by Crippen LogP contribution is 2.30. The van der Waals surface area contributed by atoms with E-state index in [1.807, 2.05) is 12.3 Å². The van der Waals surface area contributed by atoms with Crippen LogP contribution < -0.4 is 15.5 Å². The van der Waals surface area contributed by atoms with Gasteiger partial charge in [-0.25, -0.2) is 14.2 Å². The van der Waals surface area contributed by atoms with Gasteiger partial charge in [-0.2, -0.15) is 0 Å². The number of hydrogen-bond donors (Lipinski definition) is 2. The number of anilines is 1. The smallest absolute Gasteiger partial charge is 0.315 e. The molecule has 0 spiro atoms. The van der Waals surface area contributed by atoms with E-state index in [0.717, 1.165) is 76.2 Å². The second-order valence-corrected chi connectivity index (χ2v) is 12.6. The summed E-state index contributed by atoms with van der Waals surface area (Å²) < 4.78 is 14.3. The van der Waals surface area contributed by atoms with Gasteiger partial charge >= 0.3 is 6.03 Å². The Bertz CT molecular complexity index is 1180. The summed E-state index contributed by atoms with van der Waals surface area (Å²) in [6.07, 6.45) is 10.8. The Labute approximate surface area is 256 Å². The van der Waals surface area contributed by atoms with Crippen LogP contribution in [-0.2, 0) is 13.1 Å². The molecule has 2 N–H and O–H groups in total. The molecule has 0 radical (unpaired) electrons. The molecule has 5 rings (SSSR count). The standard InChI is InChI=1S/C31H43Cl2FN6O.2H2/c1-2-26-21-39(30-28(33)16-22(18-35-30)19-36-31(41)37-25-6-4-3-5-7-25)14-15-40(26)27-10-12-38(13-11-27)20-23-8-9-24(32)17-29(23)34;;/h8-9,16-18,25-27H,2-7,10-15,19-21H2,1H3,(H2,36,37,41);2*1H/t26-;;/m0../s1. The maximum atomic E-state index is 14.3. The zero-order chi connectivity index (χ0) is 28.8. The molecule has 3 fully saturated rings. The van der Waals surface area contributed by atoms with Crippen molar-refractivity contribution in [2.75, 3.05) is 37.6 Å². The molecule has 0 unspecified atom stereocenters. The van der Waals surface area contributed by atoms with Crippen molar-refractivity contribution in [3.63, 3.8) is 0 Å². The van der Waals surface area contributed by atoms with Crippen molar-refractivity contribution in [2.24, 2.45) is 0 Å². The summed E-state index contributed by atoms with van der Waals surface area (Å²) in [6, 6.07) is 8.01. The molecular formula is C31H47Cl2FN6O. The molecule has 2 amide bonds. The molecule has 2 saturated heterocycles. The number of benzene rings is 1. The highest BCUT2D eigenvalue weighted by Gasteiger charge is 2.34. The van der Waals surface area contributed by atoms with Crippen LogP contribution in [0.3, 0.4) is 0 Å². The van der Waals surface area contributed by atoms with E-state index in [-0.39, 0.29) is 20.7 Å². The van der Waals surface area contributed by atoms with Crippen LogP contribution in [-0.4, -0.2) is 71.7 Å². The molecule has 2 aromatic rings. The minimum Gasteiger partial charge on any atom is -0.353 e. The lowest BCUT2D eigenvalue weighted by atomic mass is 9.96. The van der Waals surface area contributed by atoms with Gasteiger partial charge in [0, 0.05) is 70.5 Å². The molecule has 1 aliphatic carbocycles. The number of carbonyl (C=O) groups is 1. The molecule has 1 saturated carbocycles. The van der Waals surface area contributed by atoms with Crippen molar-refractivity contribution < 1.29 is 12.0 Å². The molecule has 1 aromatic heterocycles. The lowest BCUT2D eigenvalue weighted by Gasteiger charge is -2.47. The molecule has 7 nitrogen and oxygen atoms in total. The van der Waals surface area contributed by atoms with Gasteiger partial charge in [-0.1, -0.05) is 55.5 Å². The van der Waals surface area contributed by atoms with Gasteiger partial charge in [-0.15, -0.1) is 0 Å². The van der Waals surface area contributed by atoms with Gasteiger partial charge in [0.2, 0.25) is 0 Å². The fourth-order valence-corrected chi connectivity index (χ4v) is 7.14. The molecule has 10 heteroatoms. The quantitative estimate of drug-likeness (QED) is 0.348. The molecule has 1 atom stereocenters. The predicted molar refractivity (Wildman–Crippen MR) is 168 cm³/mol. The maximum Gasteiger partial charge on any atom is 0.315 e. The van der Waals surface area contributed by atoms with Crippen molar-refractivity contribution in [3.8, 4) is 0 Å². The Morgan fingerprint density at radius 1 is 1.07 bits per heavy atom. The van der Waals surface area contributed by atoms with E-state index >= 15 is 0 Å². The topological polar surface area (TPSA) is 63.7 Å². The van der Waals surface area contributed by atoms with Crippen LogP contribution in [0.25, 0.3) is 0 Å². The average Bonchev–Trinajstić information content (AvgIpc) is 2.98. The highest BCUT2D eigenvalue weighted by atomic mass is 35.5. The number of aromatic nitrogens is 1. The molecule has 228 valence electrons. The first kappa shape index (κ1) is 30.3. The minimum atomic E-state index is -0.224. The molecule has 1 aromatic carbocycles. The zero-order valence-corrected chi connectivity index (χ0v) is 25.6. The van der Waals surface area contributed by atoms with E-state index < -0.39 is 0 Å². The summed E-state index contributed by atoms with van der Waals surface area (Å²) in [4.78, 5) is 24.4. The van der Waals surface area contributed by atoms with E-state index in [0.29, 0.717) is 40.8 Å². The van der Waals surface area contributed by atoms with Crippen LogP contribution in [0, 0.1) is 5.82 Å². The van der Waals surface area contributed by atoms with Gasteiger partial charge in [-0.3, -0.25) is 9.80 Å². The molecule has 3 aliphatic rings. The van der Waals surface area contributed by atoms with Gasteiger partial charge in [-0.05, 0) is 69.0 Å². The fraction of sp³-hybridized carbons (Fsp3) is 0.613. The summed E-state index contributed by atoms with van der Waals surface area (Å²) in [5.41, 5.74) is 1.61. The Morgan fingerprint density at radius 3 is 2.56 bits per heavy atom. The number of carbonyl (C=O) groups excluding carboxylic acids is 1. The second-order valence-electron chi connectivity index (χ2n) is 11.8. The third-order valence-corrected chi connectivity index (χ3v) is 9.52. The van der Waals surface area contributed by atoms with Crippen molar-refractivity contribution >= 4 is 35.1 Å². The van der Waals surface area contributed by atoms with Crippen molar-refractivity contribution in [3.05, 3.63) is 57.5 Å². The van der Waals surface area contributed by atoms with Crippen LogP contribution in [0.5, 0.6) is 0 Å². The average molecular weight is 610 g/mol. The van der Waals surface area contributed by atoms with E-state index in [1.165, 1.54) is 25.3 Å². The van der Waals surface area contributed by atoms with E-state index in [1.54, 1.807) is 12.1 Å². The molecule has 2 aliphatic heterocycles. The summed E-state index contributed by atoms with van der Waals surface area (Å²) in [5, 5.41) is 7.11. The van der Waals surface area contributed by atoms with E-state index in [4.69, 9.17) is 28.2 Å². The van der Waals surface area contributed by atoms with Crippen molar-refractivity contribution in [2.45, 2.75) is 89.5 Å². The minimum absolute atomic E-state index is 0. The molecule has 41 heavy (non-hydrogen) atoms. The fourth-order valence-electron chi connectivity index (χ4n) is 6.67. The number of halogens is 3. The van der Waals surface area contributed by atoms with Gasteiger partial charge in [0.1, 0.15) is 11.6 Å². The number of nitrogens with one attached hydrogen (secondary N) is 2. The summed E-state index contributed by atoms with van der Waals surface area (Å²) in [6.45, 7) is 7.94. The van der Waals surface area contributed by atoms with Gasteiger partial charge in [0.15, 0.2) is 0 Å². The van der Waals surface area contributed by atoms with Crippen LogP contribution in [0.1, 0.15) is 72.3 Å². The van der Waals surface area contributed by atoms with Crippen molar-refractivity contribution in [1.82, 2.24) is 25.4 Å². The van der Waals surface area contributed by atoms with Crippen LogP contribution in [0.15, 0.2) is 30.5 Å². The number of piperidine rings is 1. The van der Waals surface area contributed by atoms with Crippen molar-refractivity contribution in [1.29, 1.82) is 0 Å².